The fraction of sp³-hybridized carbons (Fsp3) is 0.500. The number of hydrogen-bond acceptors (Lipinski definition) is 2. The maximum absolute atomic E-state index is 5.32. The van der Waals surface area contributed by atoms with Crippen molar-refractivity contribution < 1.29 is 4.74 Å². The maximum atomic E-state index is 5.32. The number of aryl methyl sites for hydroxylation is 1. The number of methoxy groups -OCH3 is 1. The maximum Gasteiger partial charge on any atom is 0.122 e. The average molecular weight is 228 g/mol. The van der Waals surface area contributed by atoms with Gasteiger partial charge in [-0.2, -0.15) is 0 Å². The van der Waals surface area contributed by atoms with Gasteiger partial charge in [0.25, 0.3) is 0 Å². The molecule has 1 saturated heterocycles. The second kappa shape index (κ2) is 5.38. The number of ether oxygens (including phenoxy) is 1. The average Bonchev–Trinajstić information content (AvgIpc) is 2.71. The van der Waals surface area contributed by atoms with Crippen molar-refractivity contribution in [2.75, 3.05) is 13.7 Å². The van der Waals surface area contributed by atoms with Crippen molar-refractivity contribution in [1.82, 2.24) is 5.32 Å². The summed E-state index contributed by atoms with van der Waals surface area (Å²) in [4.78, 5) is 0. The smallest absolute Gasteiger partial charge is 0.122 e. The highest BCUT2D eigenvalue weighted by molar-refractivity contribution is 5.85. The van der Waals surface area contributed by atoms with Crippen molar-refractivity contribution in [3.8, 4) is 5.75 Å². The van der Waals surface area contributed by atoms with Gasteiger partial charge < -0.3 is 10.1 Å². The molecular weight excluding hydrogens is 210 g/mol. The molecule has 2 rings (SSSR count). The topological polar surface area (TPSA) is 21.3 Å². The first-order valence-corrected chi connectivity index (χ1v) is 5.19. The highest BCUT2D eigenvalue weighted by Crippen LogP contribution is 2.27. The van der Waals surface area contributed by atoms with Gasteiger partial charge in [-0.25, -0.2) is 0 Å². The molecule has 1 N–H and O–H groups in total. The zero-order valence-electron chi connectivity index (χ0n) is 9.25. The molecule has 15 heavy (non-hydrogen) atoms. The molecule has 1 fully saturated rings. The van der Waals surface area contributed by atoms with Crippen LogP contribution in [0.15, 0.2) is 18.2 Å². The van der Waals surface area contributed by atoms with Gasteiger partial charge in [0.15, 0.2) is 0 Å². The minimum Gasteiger partial charge on any atom is -0.496 e. The Morgan fingerprint density at radius 2 is 2.20 bits per heavy atom. The Labute approximate surface area is 97.4 Å². The first-order chi connectivity index (χ1) is 6.81. The summed E-state index contributed by atoms with van der Waals surface area (Å²) in [6.45, 7) is 3.21. The minimum atomic E-state index is 0. The number of benzene rings is 1. The zero-order valence-corrected chi connectivity index (χ0v) is 10.1. The van der Waals surface area contributed by atoms with Crippen LogP contribution < -0.4 is 10.1 Å². The molecule has 1 heterocycles. The van der Waals surface area contributed by atoms with E-state index < -0.39 is 0 Å². The molecule has 1 atom stereocenters. The Kier molecular flexibility index (Phi) is 4.43. The molecule has 2 nitrogen and oxygen atoms in total. The number of hydrogen-bond donors (Lipinski definition) is 1. The SMILES string of the molecule is COc1cc([C@@H]2CCCN2)ccc1C.Cl. The third-order valence-corrected chi connectivity index (χ3v) is 2.89. The van der Waals surface area contributed by atoms with E-state index in [-0.39, 0.29) is 12.4 Å². The third-order valence-electron chi connectivity index (χ3n) is 2.89. The van der Waals surface area contributed by atoms with E-state index in [1.807, 2.05) is 0 Å². The lowest BCUT2D eigenvalue weighted by molar-refractivity contribution is 0.410. The fourth-order valence-corrected chi connectivity index (χ4v) is 2.02. The van der Waals surface area contributed by atoms with Gasteiger partial charge >= 0.3 is 0 Å². The van der Waals surface area contributed by atoms with Crippen LogP contribution >= 0.6 is 12.4 Å². The lowest BCUT2D eigenvalue weighted by Crippen LogP contribution is -2.12. The van der Waals surface area contributed by atoms with Gasteiger partial charge in [0, 0.05) is 6.04 Å². The van der Waals surface area contributed by atoms with E-state index in [9.17, 15) is 0 Å². The van der Waals surface area contributed by atoms with Crippen LogP contribution in [0.2, 0.25) is 0 Å². The van der Waals surface area contributed by atoms with Crippen LogP contribution in [0.4, 0.5) is 0 Å². The molecular formula is C12H18ClNO. The molecule has 0 spiro atoms. The molecule has 3 heteroatoms. The fourth-order valence-electron chi connectivity index (χ4n) is 2.02. The highest BCUT2D eigenvalue weighted by Gasteiger charge is 2.16. The number of nitrogens with one attached hydrogen (secondary N) is 1. The summed E-state index contributed by atoms with van der Waals surface area (Å²) in [6, 6.07) is 7.01. The summed E-state index contributed by atoms with van der Waals surface area (Å²) in [7, 11) is 1.73. The van der Waals surface area contributed by atoms with E-state index in [2.05, 4.69) is 30.4 Å². The Morgan fingerprint density at radius 1 is 1.40 bits per heavy atom. The first kappa shape index (κ1) is 12.3. The lowest BCUT2D eigenvalue weighted by Gasteiger charge is -2.13. The quantitative estimate of drug-likeness (QED) is 0.839. The van der Waals surface area contributed by atoms with Crippen LogP contribution in [0.5, 0.6) is 5.75 Å². The highest BCUT2D eigenvalue weighted by atomic mass is 35.5. The van der Waals surface area contributed by atoms with Crippen LogP contribution in [-0.4, -0.2) is 13.7 Å². The molecule has 1 aromatic carbocycles. The minimum absolute atomic E-state index is 0. The van der Waals surface area contributed by atoms with E-state index in [1.54, 1.807) is 7.11 Å². The molecule has 0 aliphatic carbocycles. The molecule has 84 valence electrons. The van der Waals surface area contributed by atoms with Crippen LogP contribution in [0.3, 0.4) is 0 Å². The van der Waals surface area contributed by atoms with E-state index in [4.69, 9.17) is 4.74 Å². The second-order valence-corrected chi connectivity index (χ2v) is 3.88. The second-order valence-electron chi connectivity index (χ2n) is 3.88. The Morgan fingerprint density at radius 3 is 2.80 bits per heavy atom. The van der Waals surface area contributed by atoms with Crippen molar-refractivity contribution >= 4 is 12.4 Å². The monoisotopic (exact) mass is 227 g/mol. The summed E-state index contributed by atoms with van der Waals surface area (Å²) in [6.07, 6.45) is 2.52. The third kappa shape index (κ3) is 2.64. The van der Waals surface area contributed by atoms with Gasteiger partial charge in [-0.1, -0.05) is 12.1 Å². The van der Waals surface area contributed by atoms with Gasteiger partial charge in [-0.05, 0) is 43.5 Å². The van der Waals surface area contributed by atoms with Crippen molar-refractivity contribution in [2.45, 2.75) is 25.8 Å². The Hall–Kier alpha value is -0.730. The molecule has 0 bridgehead atoms. The summed E-state index contributed by atoms with van der Waals surface area (Å²) in [5, 5.41) is 3.49. The van der Waals surface area contributed by atoms with Crippen molar-refractivity contribution in [3.05, 3.63) is 29.3 Å². The van der Waals surface area contributed by atoms with Crippen LogP contribution in [0.1, 0.15) is 30.0 Å². The van der Waals surface area contributed by atoms with E-state index in [0.29, 0.717) is 6.04 Å². The van der Waals surface area contributed by atoms with E-state index in [1.165, 1.54) is 24.0 Å². The Bertz CT molecular complexity index is 321. The van der Waals surface area contributed by atoms with Crippen molar-refractivity contribution in [3.63, 3.8) is 0 Å². The molecule has 0 saturated carbocycles. The van der Waals surface area contributed by atoms with Gasteiger partial charge in [0.05, 0.1) is 7.11 Å². The van der Waals surface area contributed by atoms with Gasteiger partial charge in [-0.15, -0.1) is 12.4 Å². The van der Waals surface area contributed by atoms with Crippen LogP contribution in [-0.2, 0) is 0 Å². The summed E-state index contributed by atoms with van der Waals surface area (Å²) in [5.41, 5.74) is 2.55. The first-order valence-electron chi connectivity index (χ1n) is 5.19. The van der Waals surface area contributed by atoms with Crippen LogP contribution in [0, 0.1) is 6.92 Å². The molecule has 0 amide bonds. The largest absolute Gasteiger partial charge is 0.496 e. The zero-order chi connectivity index (χ0) is 9.97. The predicted octanol–water partition coefficient (Wildman–Crippen LogP) is 2.85. The normalized spacial score (nSPS) is 19.7. The summed E-state index contributed by atoms with van der Waals surface area (Å²) >= 11 is 0. The Balaban J connectivity index is 0.00000112. The van der Waals surface area contributed by atoms with Crippen molar-refractivity contribution in [1.29, 1.82) is 0 Å². The molecule has 1 aromatic rings. The molecule has 0 unspecified atom stereocenters. The van der Waals surface area contributed by atoms with Gasteiger partial charge in [0.2, 0.25) is 0 Å². The van der Waals surface area contributed by atoms with Crippen LogP contribution in [0.25, 0.3) is 0 Å². The summed E-state index contributed by atoms with van der Waals surface area (Å²) in [5.74, 6) is 0.996. The lowest BCUT2D eigenvalue weighted by atomic mass is 10.0. The van der Waals surface area contributed by atoms with Gasteiger partial charge in [-0.3, -0.25) is 0 Å². The number of rotatable bonds is 2. The van der Waals surface area contributed by atoms with E-state index >= 15 is 0 Å². The predicted molar refractivity (Wildman–Crippen MR) is 65.0 cm³/mol. The van der Waals surface area contributed by atoms with Gasteiger partial charge in [0.1, 0.15) is 5.75 Å². The van der Waals surface area contributed by atoms with E-state index in [0.717, 1.165) is 12.3 Å². The molecule has 1 aliphatic rings. The number of halogens is 1. The molecule has 0 aromatic heterocycles. The molecule has 0 radical (unpaired) electrons. The molecule has 1 aliphatic heterocycles. The summed E-state index contributed by atoms with van der Waals surface area (Å²) < 4.78 is 5.32. The standard InChI is InChI=1S/C12H17NO.ClH/c1-9-5-6-10(8-12(9)14-2)11-4-3-7-13-11;/h5-6,8,11,13H,3-4,7H2,1-2H3;1H/t11-;/m0./s1. The van der Waals surface area contributed by atoms with Crippen molar-refractivity contribution in [2.24, 2.45) is 0 Å².